The van der Waals surface area contributed by atoms with Crippen molar-refractivity contribution in [2.24, 2.45) is 0 Å². The molecular weight excluding hydrogens is 302 g/mol. The smallest absolute Gasteiger partial charge is 0.241 e. The molecule has 0 bridgehead atoms. The van der Waals surface area contributed by atoms with E-state index in [1.807, 2.05) is 43.0 Å². The van der Waals surface area contributed by atoms with Crippen LogP contribution in [0.4, 0.5) is 5.82 Å². The molecule has 0 fully saturated rings. The summed E-state index contributed by atoms with van der Waals surface area (Å²) < 4.78 is 8.11. The normalized spacial score (nSPS) is 11.4. The molecule has 3 aromatic heterocycles. The summed E-state index contributed by atoms with van der Waals surface area (Å²) in [5.41, 5.74) is 2.48. The topological polar surface area (TPSA) is 70.6 Å². The van der Waals surface area contributed by atoms with Crippen molar-refractivity contribution in [2.75, 3.05) is 11.9 Å². The lowest BCUT2D eigenvalue weighted by Gasteiger charge is -2.06. The molecule has 2 N–H and O–H groups in total. The summed E-state index contributed by atoms with van der Waals surface area (Å²) in [5, 5.41) is 4.45. The summed E-state index contributed by atoms with van der Waals surface area (Å²) in [6, 6.07) is 7.99. The van der Waals surface area contributed by atoms with E-state index in [0.29, 0.717) is 0 Å². The molecule has 0 atom stereocenters. The van der Waals surface area contributed by atoms with E-state index in [9.17, 15) is 0 Å². The van der Waals surface area contributed by atoms with Crippen molar-refractivity contribution in [3.05, 3.63) is 48.8 Å². The van der Waals surface area contributed by atoms with Crippen LogP contribution in [0.3, 0.4) is 0 Å². The molecule has 0 aliphatic heterocycles. The molecule has 3 heterocycles. The van der Waals surface area contributed by atoms with Gasteiger partial charge in [-0.1, -0.05) is 19.1 Å². The summed E-state index contributed by atoms with van der Waals surface area (Å²) in [6.07, 6.45) is 7.69. The molecule has 24 heavy (non-hydrogen) atoms. The summed E-state index contributed by atoms with van der Waals surface area (Å²) in [7, 11) is 0. The minimum atomic E-state index is 0.739. The van der Waals surface area contributed by atoms with E-state index in [-0.39, 0.29) is 0 Å². The van der Waals surface area contributed by atoms with Crippen molar-refractivity contribution in [1.29, 1.82) is 0 Å². The number of H-pyrrole nitrogens is 1. The fourth-order valence-electron chi connectivity index (χ4n) is 2.84. The van der Waals surface area contributed by atoms with Gasteiger partial charge in [-0.25, -0.2) is 14.5 Å². The van der Waals surface area contributed by atoms with Gasteiger partial charge in [0.15, 0.2) is 11.4 Å². The fraction of sp³-hybridized carbons (Fsp3) is 0.278. The van der Waals surface area contributed by atoms with Gasteiger partial charge in [0.25, 0.3) is 0 Å². The molecule has 0 aliphatic carbocycles. The summed E-state index contributed by atoms with van der Waals surface area (Å²) >= 11 is 0. The quantitative estimate of drug-likeness (QED) is 0.423. The van der Waals surface area contributed by atoms with Crippen LogP contribution in [-0.2, 0) is 13.0 Å². The molecule has 0 spiro atoms. The van der Waals surface area contributed by atoms with Crippen LogP contribution < -0.4 is 9.88 Å². The second-order valence-corrected chi connectivity index (χ2v) is 5.75. The molecule has 0 saturated carbocycles. The van der Waals surface area contributed by atoms with Gasteiger partial charge in [0.2, 0.25) is 6.33 Å². The van der Waals surface area contributed by atoms with Crippen molar-refractivity contribution in [2.45, 2.75) is 26.3 Å². The van der Waals surface area contributed by atoms with Crippen LogP contribution in [0.1, 0.15) is 19.2 Å². The Labute approximate surface area is 139 Å². The number of hydrogen-bond acceptors (Lipinski definition) is 4. The van der Waals surface area contributed by atoms with Crippen LogP contribution in [0.2, 0.25) is 0 Å². The van der Waals surface area contributed by atoms with Gasteiger partial charge in [0.1, 0.15) is 29.3 Å². The number of imidazole rings is 1. The SMILES string of the molecule is CCc1nc(NCCC[n+]2cc[nH]c2)c2oc3ccccc3c2n1. The maximum absolute atomic E-state index is 5.99. The highest BCUT2D eigenvalue weighted by Crippen LogP contribution is 2.31. The highest BCUT2D eigenvalue weighted by atomic mass is 16.3. The third-order valence-electron chi connectivity index (χ3n) is 4.07. The average Bonchev–Trinajstić information content (AvgIpc) is 3.26. The number of nitrogens with one attached hydrogen (secondary N) is 2. The zero-order valence-corrected chi connectivity index (χ0v) is 13.6. The van der Waals surface area contributed by atoms with Crippen LogP contribution in [0.15, 0.2) is 47.4 Å². The number of aromatic amines is 1. The lowest BCUT2D eigenvalue weighted by atomic mass is 10.2. The first kappa shape index (κ1) is 14.7. The molecule has 0 aliphatic rings. The molecule has 1 aromatic carbocycles. The van der Waals surface area contributed by atoms with Gasteiger partial charge in [0.05, 0.1) is 6.54 Å². The van der Waals surface area contributed by atoms with E-state index in [0.717, 1.165) is 59.6 Å². The second-order valence-electron chi connectivity index (χ2n) is 5.75. The van der Waals surface area contributed by atoms with E-state index in [4.69, 9.17) is 4.42 Å². The molecule has 0 unspecified atom stereocenters. The van der Waals surface area contributed by atoms with Gasteiger partial charge in [-0.2, -0.15) is 0 Å². The van der Waals surface area contributed by atoms with Gasteiger partial charge in [-0.15, -0.1) is 0 Å². The van der Waals surface area contributed by atoms with Crippen molar-refractivity contribution in [3.8, 4) is 0 Å². The zero-order valence-electron chi connectivity index (χ0n) is 13.6. The monoisotopic (exact) mass is 322 g/mol. The van der Waals surface area contributed by atoms with E-state index in [1.165, 1.54) is 0 Å². The Bertz CT molecular complexity index is 958. The Morgan fingerprint density at radius 2 is 2.17 bits per heavy atom. The third kappa shape index (κ3) is 2.71. The lowest BCUT2D eigenvalue weighted by Crippen LogP contribution is -2.31. The maximum atomic E-state index is 5.99. The molecule has 0 radical (unpaired) electrons. The van der Waals surface area contributed by atoms with Crippen LogP contribution >= 0.6 is 0 Å². The maximum Gasteiger partial charge on any atom is 0.241 e. The largest absolute Gasteiger partial charge is 0.450 e. The lowest BCUT2D eigenvalue weighted by molar-refractivity contribution is -0.695. The highest BCUT2D eigenvalue weighted by Gasteiger charge is 2.14. The summed E-state index contributed by atoms with van der Waals surface area (Å²) in [6.45, 7) is 3.84. The zero-order chi connectivity index (χ0) is 16.4. The Morgan fingerprint density at radius 3 is 3.00 bits per heavy atom. The van der Waals surface area contributed by atoms with Crippen molar-refractivity contribution < 1.29 is 8.98 Å². The number of aromatic nitrogens is 4. The van der Waals surface area contributed by atoms with E-state index >= 15 is 0 Å². The number of furan rings is 1. The highest BCUT2D eigenvalue weighted by molar-refractivity contribution is 6.05. The standard InChI is InChI=1S/C18H19N5O/c1-2-15-21-16-13-6-3-4-7-14(13)24-17(16)18(22-15)20-8-5-10-23-11-9-19-12-23/h3-4,6-7,9,11-12H,2,5,8,10H2,1H3,(H,20,21,22)/p+1. The Balaban J connectivity index is 1.61. The average molecular weight is 322 g/mol. The first-order valence-electron chi connectivity index (χ1n) is 8.29. The predicted octanol–water partition coefficient (Wildman–Crippen LogP) is 3.06. The first-order chi connectivity index (χ1) is 11.8. The Kier molecular flexibility index (Phi) is 3.86. The van der Waals surface area contributed by atoms with Gasteiger partial charge in [-0.05, 0) is 12.1 Å². The molecule has 6 nitrogen and oxygen atoms in total. The Morgan fingerprint density at radius 1 is 1.25 bits per heavy atom. The second kappa shape index (κ2) is 6.31. The minimum absolute atomic E-state index is 0.739. The number of benzene rings is 1. The van der Waals surface area contributed by atoms with E-state index < -0.39 is 0 Å². The van der Waals surface area contributed by atoms with Crippen molar-refractivity contribution in [3.63, 3.8) is 0 Å². The first-order valence-corrected chi connectivity index (χ1v) is 8.29. The van der Waals surface area contributed by atoms with Crippen molar-refractivity contribution >= 4 is 27.9 Å². The molecule has 0 amide bonds. The van der Waals surface area contributed by atoms with E-state index in [2.05, 4.69) is 31.8 Å². The summed E-state index contributed by atoms with van der Waals surface area (Å²) in [4.78, 5) is 12.3. The van der Waals surface area contributed by atoms with Crippen molar-refractivity contribution in [1.82, 2.24) is 15.0 Å². The molecule has 122 valence electrons. The number of anilines is 1. The minimum Gasteiger partial charge on any atom is -0.450 e. The summed E-state index contributed by atoms with van der Waals surface area (Å²) in [5.74, 6) is 1.61. The van der Waals surface area contributed by atoms with Gasteiger partial charge >= 0.3 is 0 Å². The fourth-order valence-corrected chi connectivity index (χ4v) is 2.84. The van der Waals surface area contributed by atoms with Crippen LogP contribution in [-0.4, -0.2) is 21.5 Å². The number of aryl methyl sites for hydroxylation is 2. The third-order valence-corrected chi connectivity index (χ3v) is 4.07. The molecule has 6 heteroatoms. The van der Waals surface area contributed by atoms with E-state index in [1.54, 1.807) is 0 Å². The number of rotatable bonds is 6. The molecular formula is C18H20N5O+. The number of nitrogens with zero attached hydrogens (tertiary/aromatic N) is 3. The van der Waals surface area contributed by atoms with Crippen LogP contribution in [0.5, 0.6) is 0 Å². The molecule has 4 rings (SSSR count). The van der Waals surface area contributed by atoms with Gasteiger partial charge < -0.3 is 9.73 Å². The van der Waals surface area contributed by atoms with Gasteiger partial charge in [-0.3, -0.25) is 4.98 Å². The van der Waals surface area contributed by atoms with Gasteiger partial charge in [0, 0.05) is 24.8 Å². The Hall–Kier alpha value is -2.89. The molecule has 4 aromatic rings. The van der Waals surface area contributed by atoms with Crippen LogP contribution in [0.25, 0.3) is 22.1 Å². The van der Waals surface area contributed by atoms with Crippen LogP contribution in [0, 0.1) is 0 Å². The number of fused-ring (bicyclic) bond motifs is 3. The predicted molar refractivity (Wildman–Crippen MR) is 92.8 cm³/mol. The number of para-hydroxylation sites is 1. The number of hydrogen-bond donors (Lipinski definition) is 2. The molecule has 0 saturated heterocycles.